The van der Waals surface area contributed by atoms with E-state index in [0.717, 1.165) is 25.7 Å². The largest absolute Gasteiger partial charge is 0.372 e. The summed E-state index contributed by atoms with van der Waals surface area (Å²) in [7, 11) is 3.40. The molecule has 0 unspecified atom stereocenters. The average molecular weight is 381 g/mol. The van der Waals surface area contributed by atoms with Crippen LogP contribution in [-0.2, 0) is 0 Å². The molecule has 0 saturated heterocycles. The van der Waals surface area contributed by atoms with Crippen LogP contribution in [0.2, 0.25) is 0 Å². The van der Waals surface area contributed by atoms with Crippen LogP contribution >= 0.6 is 0 Å². The molecule has 1 saturated carbocycles. The second kappa shape index (κ2) is 8.21. The molecule has 2 aromatic rings. The molecule has 0 radical (unpaired) electrons. The summed E-state index contributed by atoms with van der Waals surface area (Å²) in [6, 6.07) is 11.1. The van der Waals surface area contributed by atoms with Gasteiger partial charge in [0.25, 0.3) is 11.6 Å². The van der Waals surface area contributed by atoms with Gasteiger partial charge in [-0.3, -0.25) is 19.7 Å². The molecule has 1 aliphatic rings. The molecule has 146 valence electrons. The molecule has 0 spiro atoms. The maximum atomic E-state index is 13.0. The van der Waals surface area contributed by atoms with Crippen molar-refractivity contribution >= 4 is 23.1 Å². The van der Waals surface area contributed by atoms with Crippen molar-refractivity contribution in [3.05, 3.63) is 69.3 Å². The zero-order chi connectivity index (χ0) is 20.3. The summed E-state index contributed by atoms with van der Waals surface area (Å²) >= 11 is 0. The first-order chi connectivity index (χ1) is 13.4. The van der Waals surface area contributed by atoms with Crippen molar-refractivity contribution in [3.63, 3.8) is 0 Å². The first-order valence-electron chi connectivity index (χ1n) is 9.29. The number of nitrogens with one attached hydrogen (secondary N) is 1. The Kier molecular flexibility index (Phi) is 5.73. The summed E-state index contributed by atoms with van der Waals surface area (Å²) < 4.78 is 0. The maximum Gasteiger partial charge on any atom is 0.293 e. The molecule has 0 heterocycles. The van der Waals surface area contributed by atoms with E-state index in [-0.39, 0.29) is 28.8 Å². The Morgan fingerprint density at radius 1 is 1.07 bits per heavy atom. The van der Waals surface area contributed by atoms with E-state index in [1.807, 2.05) is 0 Å². The van der Waals surface area contributed by atoms with E-state index in [0.29, 0.717) is 11.3 Å². The zero-order valence-electron chi connectivity index (χ0n) is 16.0. The first kappa shape index (κ1) is 19.5. The standard InChI is InChI=1S/C21H23N3O4/c1-23(2)18-12-11-14(13-19(18)24(27)28)20(25)16-9-5-6-10-17(16)21(26)22-15-7-3-4-8-15/h5-6,9-13,15H,3-4,7-8H2,1-2H3,(H,22,26). The third-order valence-corrected chi connectivity index (χ3v) is 5.02. The summed E-state index contributed by atoms with van der Waals surface area (Å²) in [4.78, 5) is 38.3. The lowest BCUT2D eigenvalue weighted by Crippen LogP contribution is -2.33. The van der Waals surface area contributed by atoms with E-state index in [2.05, 4.69) is 5.32 Å². The Bertz CT molecular complexity index is 918. The number of carbonyl (C=O) groups excluding carboxylic acids is 2. The molecule has 7 heteroatoms. The van der Waals surface area contributed by atoms with Gasteiger partial charge in [-0.25, -0.2) is 0 Å². The number of nitro groups is 1. The van der Waals surface area contributed by atoms with Crippen LogP contribution in [0.3, 0.4) is 0 Å². The van der Waals surface area contributed by atoms with Crippen LogP contribution in [0.15, 0.2) is 42.5 Å². The van der Waals surface area contributed by atoms with Crippen LogP contribution in [-0.4, -0.2) is 36.8 Å². The molecule has 7 nitrogen and oxygen atoms in total. The highest BCUT2D eigenvalue weighted by Gasteiger charge is 2.24. The predicted molar refractivity (Wildman–Crippen MR) is 107 cm³/mol. The highest BCUT2D eigenvalue weighted by Crippen LogP contribution is 2.29. The summed E-state index contributed by atoms with van der Waals surface area (Å²) in [6.45, 7) is 0. The van der Waals surface area contributed by atoms with E-state index in [1.165, 1.54) is 6.07 Å². The topological polar surface area (TPSA) is 92.6 Å². The minimum absolute atomic E-state index is 0.135. The number of benzene rings is 2. The van der Waals surface area contributed by atoms with Gasteiger partial charge in [-0.05, 0) is 31.0 Å². The van der Waals surface area contributed by atoms with Crippen molar-refractivity contribution in [2.45, 2.75) is 31.7 Å². The van der Waals surface area contributed by atoms with Crippen LogP contribution < -0.4 is 10.2 Å². The van der Waals surface area contributed by atoms with Crippen molar-refractivity contribution in [1.82, 2.24) is 5.32 Å². The van der Waals surface area contributed by atoms with Crippen molar-refractivity contribution in [2.24, 2.45) is 0 Å². The average Bonchev–Trinajstić information content (AvgIpc) is 3.19. The Hall–Kier alpha value is -3.22. The molecule has 1 amide bonds. The Morgan fingerprint density at radius 3 is 2.32 bits per heavy atom. The number of hydrogen-bond donors (Lipinski definition) is 1. The molecular weight excluding hydrogens is 358 g/mol. The number of amides is 1. The molecular formula is C21H23N3O4. The second-order valence-corrected chi connectivity index (χ2v) is 7.18. The Labute approximate surface area is 163 Å². The molecule has 1 N–H and O–H groups in total. The van der Waals surface area contributed by atoms with Gasteiger partial charge in [0.1, 0.15) is 5.69 Å². The van der Waals surface area contributed by atoms with E-state index in [4.69, 9.17) is 0 Å². The number of nitrogens with zero attached hydrogens (tertiary/aromatic N) is 2. The smallest absolute Gasteiger partial charge is 0.293 e. The van der Waals surface area contributed by atoms with Gasteiger partial charge in [0, 0.05) is 37.3 Å². The van der Waals surface area contributed by atoms with Gasteiger partial charge in [0.2, 0.25) is 0 Å². The Morgan fingerprint density at radius 2 is 1.71 bits per heavy atom. The number of hydrogen-bond acceptors (Lipinski definition) is 5. The van der Waals surface area contributed by atoms with Crippen molar-refractivity contribution < 1.29 is 14.5 Å². The number of carbonyl (C=O) groups is 2. The fourth-order valence-electron chi connectivity index (χ4n) is 3.56. The molecule has 28 heavy (non-hydrogen) atoms. The Balaban J connectivity index is 1.94. The molecule has 1 aliphatic carbocycles. The monoisotopic (exact) mass is 381 g/mol. The molecule has 1 fully saturated rings. The van der Waals surface area contributed by atoms with Gasteiger partial charge in [-0.2, -0.15) is 0 Å². The number of ketones is 1. The second-order valence-electron chi connectivity index (χ2n) is 7.18. The van der Waals surface area contributed by atoms with Crippen molar-refractivity contribution in [1.29, 1.82) is 0 Å². The van der Waals surface area contributed by atoms with Crippen LogP contribution in [0.5, 0.6) is 0 Å². The van der Waals surface area contributed by atoms with Gasteiger partial charge >= 0.3 is 0 Å². The normalized spacial score (nSPS) is 13.9. The minimum atomic E-state index is -0.509. The maximum absolute atomic E-state index is 13.0. The zero-order valence-corrected chi connectivity index (χ0v) is 16.0. The number of nitro benzene ring substituents is 1. The lowest BCUT2D eigenvalue weighted by atomic mass is 9.97. The third-order valence-electron chi connectivity index (χ3n) is 5.02. The van der Waals surface area contributed by atoms with Crippen LogP contribution in [0.4, 0.5) is 11.4 Å². The predicted octanol–water partition coefficient (Wildman–Crippen LogP) is 3.56. The summed E-state index contributed by atoms with van der Waals surface area (Å²) in [5, 5.41) is 14.4. The van der Waals surface area contributed by atoms with Crippen LogP contribution in [0.1, 0.15) is 52.0 Å². The van der Waals surface area contributed by atoms with Crippen LogP contribution in [0, 0.1) is 10.1 Å². The first-order valence-corrected chi connectivity index (χ1v) is 9.29. The van der Waals surface area contributed by atoms with Gasteiger partial charge in [0.15, 0.2) is 5.78 Å². The molecule has 0 aliphatic heterocycles. The lowest BCUT2D eigenvalue weighted by Gasteiger charge is -2.15. The lowest BCUT2D eigenvalue weighted by molar-refractivity contribution is -0.384. The molecule has 0 bridgehead atoms. The van der Waals surface area contributed by atoms with E-state index >= 15 is 0 Å². The third kappa shape index (κ3) is 4.03. The fourth-order valence-corrected chi connectivity index (χ4v) is 3.56. The molecule has 0 aromatic heterocycles. The number of rotatable bonds is 6. The summed E-state index contributed by atoms with van der Waals surface area (Å²) in [5.74, 6) is -0.694. The number of anilines is 1. The van der Waals surface area contributed by atoms with Gasteiger partial charge in [0.05, 0.1) is 10.5 Å². The van der Waals surface area contributed by atoms with E-state index < -0.39 is 10.7 Å². The van der Waals surface area contributed by atoms with Crippen molar-refractivity contribution in [2.75, 3.05) is 19.0 Å². The SMILES string of the molecule is CN(C)c1ccc(C(=O)c2ccccc2C(=O)NC2CCCC2)cc1[N+](=O)[O-]. The molecule has 0 atom stereocenters. The van der Waals surface area contributed by atoms with Gasteiger partial charge < -0.3 is 10.2 Å². The molecule has 3 rings (SSSR count). The minimum Gasteiger partial charge on any atom is -0.372 e. The molecule has 2 aromatic carbocycles. The van der Waals surface area contributed by atoms with Gasteiger partial charge in [-0.15, -0.1) is 0 Å². The summed E-state index contributed by atoms with van der Waals surface area (Å²) in [6.07, 6.45) is 4.07. The highest BCUT2D eigenvalue weighted by atomic mass is 16.6. The van der Waals surface area contributed by atoms with E-state index in [9.17, 15) is 19.7 Å². The fraction of sp³-hybridized carbons (Fsp3) is 0.333. The van der Waals surface area contributed by atoms with E-state index in [1.54, 1.807) is 55.4 Å². The quantitative estimate of drug-likeness (QED) is 0.469. The highest BCUT2D eigenvalue weighted by molar-refractivity contribution is 6.15. The van der Waals surface area contributed by atoms with Crippen molar-refractivity contribution in [3.8, 4) is 0 Å². The van der Waals surface area contributed by atoms with Crippen LogP contribution in [0.25, 0.3) is 0 Å². The van der Waals surface area contributed by atoms with Gasteiger partial charge in [-0.1, -0.05) is 31.0 Å². The summed E-state index contributed by atoms with van der Waals surface area (Å²) in [5.41, 5.74) is 0.972.